The Hall–Kier alpha value is 0.478. The minimum atomic E-state index is 0. The molecule has 0 saturated heterocycles. The van der Waals surface area contributed by atoms with Gasteiger partial charge in [0.1, 0.15) is 0 Å². The summed E-state index contributed by atoms with van der Waals surface area (Å²) >= 11 is 0. The van der Waals surface area contributed by atoms with Crippen molar-refractivity contribution in [1.82, 2.24) is 0 Å². The SMILES string of the molecule is F.FF.[W]. The Bertz CT molecular complexity index is 3.25. The van der Waals surface area contributed by atoms with Gasteiger partial charge in [0, 0.05) is 30.2 Å². The van der Waals surface area contributed by atoms with Crippen LogP contribution in [0.25, 0.3) is 0 Å². The molecule has 0 aliphatic rings. The van der Waals surface area contributed by atoms with Crippen LogP contribution in [0.3, 0.4) is 0 Å². The number of halogens is 3. The maximum Gasteiger partial charge on any atom is 0 e. The molecule has 0 atom stereocenters. The van der Waals surface area contributed by atoms with Crippen molar-refractivity contribution in [3.63, 3.8) is 0 Å². The Balaban J connectivity index is -0.00000000500. The summed E-state index contributed by atoms with van der Waals surface area (Å²) in [5.74, 6) is 0. The molecule has 0 fully saturated rings. The van der Waals surface area contributed by atoms with E-state index in [-0.39, 0.29) is 25.8 Å². The van der Waals surface area contributed by atoms with Crippen LogP contribution in [0, 0.1) is 0 Å². The number of hydrogen-bond acceptors (Lipinski definition) is 0. The van der Waals surface area contributed by atoms with E-state index < -0.39 is 0 Å². The first-order valence-electron chi connectivity index (χ1n) is 0.143. The van der Waals surface area contributed by atoms with Crippen molar-refractivity contribution in [1.29, 1.82) is 0 Å². The van der Waals surface area contributed by atoms with E-state index in [1.807, 2.05) is 0 Å². The molecule has 0 aromatic heterocycles. The first-order valence-corrected chi connectivity index (χ1v) is 0.143. The van der Waals surface area contributed by atoms with Gasteiger partial charge in [-0.2, -0.15) is 0 Å². The van der Waals surface area contributed by atoms with Gasteiger partial charge in [-0.3, -0.25) is 4.70 Å². The Morgan fingerprint density at radius 2 is 1.00 bits per heavy atom. The fourth-order valence-corrected chi connectivity index (χ4v) is 0. The fourth-order valence-electron chi connectivity index (χ4n) is 0. The predicted octanol–water partition coefficient (Wildman–Crippen LogP) is 0.990. The standard InChI is InChI=1S/F2.FH.W/c1-2;;/h;1H;. The summed E-state index contributed by atoms with van der Waals surface area (Å²) < 4.78 is 16.0. The summed E-state index contributed by atoms with van der Waals surface area (Å²) in [5.41, 5.74) is 0. The van der Waals surface area contributed by atoms with Gasteiger partial charge in [0.25, 0.3) is 0 Å². The molecule has 28 valence electrons. The molecule has 0 spiro atoms. The molecule has 4 heteroatoms. The van der Waals surface area contributed by atoms with Crippen molar-refractivity contribution in [2.45, 2.75) is 0 Å². The van der Waals surface area contributed by atoms with Crippen LogP contribution < -0.4 is 0 Å². The largest absolute Gasteiger partial charge is 0.269 e. The third kappa shape index (κ3) is 23.7. The third-order valence-corrected chi connectivity index (χ3v) is 0. The summed E-state index contributed by atoms with van der Waals surface area (Å²) in [7, 11) is 0. The Labute approximate surface area is 35.7 Å². The van der Waals surface area contributed by atoms with E-state index in [0.717, 1.165) is 0 Å². The average molecular weight is 242 g/mol. The van der Waals surface area contributed by atoms with E-state index in [2.05, 4.69) is 0 Å². The fraction of sp³-hybridized carbons (Fsp3) is 0. The second-order valence-corrected chi connectivity index (χ2v) is 0. The van der Waals surface area contributed by atoms with Gasteiger partial charge < -0.3 is 0 Å². The number of rotatable bonds is 0. The second kappa shape index (κ2) is 93.4. The van der Waals surface area contributed by atoms with Crippen LogP contribution in [-0.2, 0) is 21.1 Å². The van der Waals surface area contributed by atoms with Crippen molar-refractivity contribution in [3.8, 4) is 0 Å². The molecule has 0 rings (SSSR count). The van der Waals surface area contributed by atoms with Crippen molar-refractivity contribution in [3.05, 3.63) is 0 Å². The molecular weight excluding hydrogens is 241 g/mol. The molecule has 0 heterocycles. The Morgan fingerprint density at radius 3 is 1.00 bits per heavy atom. The van der Waals surface area contributed by atoms with Crippen LogP contribution in [0.2, 0.25) is 0 Å². The molecule has 0 unspecified atom stereocenters. The van der Waals surface area contributed by atoms with Gasteiger partial charge in [0.2, 0.25) is 0 Å². The monoisotopic (exact) mass is 242 g/mol. The van der Waals surface area contributed by atoms with Gasteiger partial charge in [0.15, 0.2) is 0 Å². The van der Waals surface area contributed by atoms with Crippen molar-refractivity contribution >= 4 is 0 Å². The van der Waals surface area contributed by atoms with Gasteiger partial charge in [-0.25, -0.2) is 0 Å². The van der Waals surface area contributed by atoms with Gasteiger partial charge >= 0.3 is 0 Å². The average Bonchev–Trinajstić information content (AvgIpc) is 1.00. The second-order valence-electron chi connectivity index (χ2n) is 0. The zero-order valence-electron chi connectivity index (χ0n) is 1.57. The predicted molar refractivity (Wildman–Crippen MR) is 4.72 cm³/mol. The van der Waals surface area contributed by atoms with Gasteiger partial charge in [0.05, 0.1) is 0 Å². The maximum atomic E-state index is 8.00. The zero-order valence-corrected chi connectivity index (χ0v) is 4.51. The molecule has 0 aliphatic carbocycles. The molecule has 0 nitrogen and oxygen atoms in total. The Morgan fingerprint density at radius 1 is 1.00 bits per heavy atom. The maximum absolute atomic E-state index is 8.00. The van der Waals surface area contributed by atoms with Crippen LogP contribution in [0.4, 0.5) is 13.9 Å². The summed E-state index contributed by atoms with van der Waals surface area (Å²) in [6, 6.07) is 0. The zero-order chi connectivity index (χ0) is 2.00. The molecule has 0 N–H and O–H groups in total. The topological polar surface area (TPSA) is 0 Å². The normalized spacial score (nSPS) is 1.50. The van der Waals surface area contributed by atoms with E-state index in [1.165, 1.54) is 0 Å². The molecule has 0 aliphatic heterocycles. The van der Waals surface area contributed by atoms with Crippen LogP contribution in [0.5, 0.6) is 0 Å². The minimum Gasteiger partial charge on any atom is -0.269 e. The van der Waals surface area contributed by atoms with E-state index >= 15 is 0 Å². The van der Waals surface area contributed by atoms with Crippen LogP contribution in [0.1, 0.15) is 0 Å². The first-order chi connectivity index (χ1) is 1.00. The van der Waals surface area contributed by atoms with Crippen molar-refractivity contribution < 1.29 is 34.9 Å². The van der Waals surface area contributed by atoms with Crippen LogP contribution in [-0.4, -0.2) is 0 Å². The summed E-state index contributed by atoms with van der Waals surface area (Å²) in [6.07, 6.45) is 0. The molecule has 0 saturated carbocycles. The molecule has 0 radical (unpaired) electrons. The quantitative estimate of drug-likeness (QED) is 0.594. The molecule has 0 amide bonds. The molecule has 0 aromatic rings. The van der Waals surface area contributed by atoms with E-state index in [0.29, 0.717) is 0 Å². The smallest absolute Gasteiger partial charge is 0 e. The minimum absolute atomic E-state index is 0. The van der Waals surface area contributed by atoms with E-state index in [4.69, 9.17) is 9.15 Å². The molecule has 4 heavy (non-hydrogen) atoms. The van der Waals surface area contributed by atoms with Crippen LogP contribution in [0.15, 0.2) is 0 Å². The third-order valence-electron chi connectivity index (χ3n) is 0. The van der Waals surface area contributed by atoms with Crippen LogP contribution >= 0.6 is 0 Å². The van der Waals surface area contributed by atoms with E-state index in [1.54, 1.807) is 0 Å². The summed E-state index contributed by atoms with van der Waals surface area (Å²) in [4.78, 5) is 0. The Kier molecular flexibility index (Phi) is 579. The molecule has 0 bridgehead atoms. The molecular formula is HF3W. The van der Waals surface area contributed by atoms with Gasteiger partial charge in [-0.15, -0.1) is 0 Å². The van der Waals surface area contributed by atoms with Gasteiger partial charge in [-0.1, -0.05) is 0 Å². The van der Waals surface area contributed by atoms with Crippen molar-refractivity contribution in [2.24, 2.45) is 0 Å². The van der Waals surface area contributed by atoms with Crippen molar-refractivity contribution in [2.75, 3.05) is 0 Å². The van der Waals surface area contributed by atoms with E-state index in [9.17, 15) is 0 Å². The first kappa shape index (κ1) is 24.8. The summed E-state index contributed by atoms with van der Waals surface area (Å²) in [6.45, 7) is 0. The molecule has 0 aromatic carbocycles. The summed E-state index contributed by atoms with van der Waals surface area (Å²) in [5, 5.41) is 0. The van der Waals surface area contributed by atoms with Gasteiger partial charge in [-0.05, 0) is 0 Å². The number of hydrogen-bond donors (Lipinski definition) is 0.